The van der Waals surface area contributed by atoms with E-state index in [2.05, 4.69) is 16.9 Å². The Morgan fingerprint density at radius 1 is 1.42 bits per heavy atom. The smallest absolute Gasteiger partial charge is 0.198 e. The molecule has 1 aromatic carbocycles. The number of aliphatic imine (C=N–C) groups is 1. The number of halogens is 2. The summed E-state index contributed by atoms with van der Waals surface area (Å²) in [7, 11) is 0. The number of nitrogens with zero attached hydrogens (tertiary/aromatic N) is 2. The molecule has 1 N–H and O–H groups in total. The van der Waals surface area contributed by atoms with E-state index in [9.17, 15) is 0 Å². The first kappa shape index (κ1) is 14.2. The van der Waals surface area contributed by atoms with E-state index in [4.69, 9.17) is 23.2 Å². The minimum atomic E-state index is 0.630. The van der Waals surface area contributed by atoms with Gasteiger partial charge in [0.15, 0.2) is 5.96 Å². The molecule has 0 bridgehead atoms. The molecule has 3 nitrogen and oxygen atoms in total. The minimum Gasteiger partial charge on any atom is -0.354 e. The topological polar surface area (TPSA) is 27.6 Å². The van der Waals surface area contributed by atoms with Gasteiger partial charge in [-0.25, -0.2) is 0 Å². The number of rotatable bonds is 4. The molecule has 0 aromatic heterocycles. The SMILES string of the molecule is C=C(C)CCN(C1=NCCN1)c1c(Cl)cccc1Cl. The molecule has 0 spiro atoms. The zero-order valence-corrected chi connectivity index (χ0v) is 12.4. The van der Waals surface area contributed by atoms with Crippen molar-refractivity contribution in [3.05, 3.63) is 40.4 Å². The van der Waals surface area contributed by atoms with Crippen LogP contribution in [0.2, 0.25) is 10.0 Å². The molecule has 0 fully saturated rings. The summed E-state index contributed by atoms with van der Waals surface area (Å²) in [6.07, 6.45) is 0.863. The van der Waals surface area contributed by atoms with Crippen LogP contribution in [0, 0.1) is 0 Å². The van der Waals surface area contributed by atoms with Crippen molar-refractivity contribution in [3.63, 3.8) is 0 Å². The van der Waals surface area contributed by atoms with E-state index in [1.807, 2.05) is 30.0 Å². The molecule has 102 valence electrons. The highest BCUT2D eigenvalue weighted by Crippen LogP contribution is 2.34. The van der Waals surface area contributed by atoms with Gasteiger partial charge in [-0.1, -0.05) is 34.8 Å². The second-order valence-electron chi connectivity index (χ2n) is 4.56. The van der Waals surface area contributed by atoms with E-state index >= 15 is 0 Å². The summed E-state index contributed by atoms with van der Waals surface area (Å²) < 4.78 is 0. The summed E-state index contributed by atoms with van der Waals surface area (Å²) in [5, 5.41) is 4.52. The number of nitrogens with one attached hydrogen (secondary N) is 1. The van der Waals surface area contributed by atoms with Crippen molar-refractivity contribution < 1.29 is 0 Å². The van der Waals surface area contributed by atoms with Crippen LogP contribution in [0.1, 0.15) is 13.3 Å². The van der Waals surface area contributed by atoms with Gasteiger partial charge in [-0.3, -0.25) is 4.99 Å². The predicted octanol–water partition coefficient (Wildman–Crippen LogP) is 3.73. The number of anilines is 1. The van der Waals surface area contributed by atoms with Gasteiger partial charge >= 0.3 is 0 Å². The average Bonchev–Trinajstić information content (AvgIpc) is 2.86. The molecule has 19 heavy (non-hydrogen) atoms. The van der Waals surface area contributed by atoms with E-state index in [-0.39, 0.29) is 0 Å². The highest BCUT2D eigenvalue weighted by Gasteiger charge is 2.21. The van der Waals surface area contributed by atoms with Crippen LogP contribution in [0.4, 0.5) is 5.69 Å². The van der Waals surface area contributed by atoms with Gasteiger partial charge in [-0.2, -0.15) is 0 Å². The Balaban J connectivity index is 2.33. The first-order valence-corrected chi connectivity index (χ1v) is 6.99. The lowest BCUT2D eigenvalue weighted by Crippen LogP contribution is -2.40. The van der Waals surface area contributed by atoms with Crippen LogP contribution >= 0.6 is 23.2 Å². The van der Waals surface area contributed by atoms with E-state index in [1.54, 1.807) is 0 Å². The van der Waals surface area contributed by atoms with Crippen LogP contribution in [0.15, 0.2) is 35.3 Å². The van der Waals surface area contributed by atoms with Crippen molar-refractivity contribution in [2.45, 2.75) is 13.3 Å². The van der Waals surface area contributed by atoms with E-state index in [1.165, 1.54) is 0 Å². The second kappa shape index (κ2) is 6.31. The molecule has 5 heteroatoms. The molecule has 0 radical (unpaired) electrons. The van der Waals surface area contributed by atoms with Crippen molar-refractivity contribution in [2.24, 2.45) is 4.99 Å². The summed E-state index contributed by atoms with van der Waals surface area (Å²) >= 11 is 12.6. The summed E-state index contributed by atoms with van der Waals surface area (Å²) in [6, 6.07) is 5.52. The molecular formula is C14H17Cl2N3. The summed E-state index contributed by atoms with van der Waals surface area (Å²) in [5.74, 6) is 0.830. The lowest BCUT2D eigenvalue weighted by molar-refractivity contribution is 0.891. The van der Waals surface area contributed by atoms with Crippen molar-refractivity contribution in [2.75, 3.05) is 24.5 Å². The largest absolute Gasteiger partial charge is 0.354 e. The Morgan fingerprint density at radius 2 is 2.11 bits per heavy atom. The maximum Gasteiger partial charge on any atom is 0.198 e. The molecule has 0 aliphatic carbocycles. The number of hydrogen-bond donors (Lipinski definition) is 1. The zero-order chi connectivity index (χ0) is 13.8. The van der Waals surface area contributed by atoms with E-state index in [0.717, 1.165) is 43.3 Å². The van der Waals surface area contributed by atoms with Crippen LogP contribution in [0.5, 0.6) is 0 Å². The van der Waals surface area contributed by atoms with E-state index in [0.29, 0.717) is 10.0 Å². The zero-order valence-electron chi connectivity index (χ0n) is 10.9. The van der Waals surface area contributed by atoms with Crippen LogP contribution in [0.3, 0.4) is 0 Å². The summed E-state index contributed by atoms with van der Waals surface area (Å²) in [4.78, 5) is 6.49. The summed E-state index contributed by atoms with van der Waals surface area (Å²) in [6.45, 7) is 8.33. The molecule has 1 heterocycles. The highest BCUT2D eigenvalue weighted by atomic mass is 35.5. The van der Waals surface area contributed by atoms with Gasteiger partial charge in [0.25, 0.3) is 0 Å². The molecule has 1 aliphatic rings. The number of hydrogen-bond acceptors (Lipinski definition) is 3. The monoisotopic (exact) mass is 297 g/mol. The number of para-hydroxylation sites is 1. The number of benzene rings is 1. The fourth-order valence-electron chi connectivity index (χ4n) is 1.94. The van der Waals surface area contributed by atoms with Crippen LogP contribution < -0.4 is 10.2 Å². The molecule has 0 saturated heterocycles. The van der Waals surface area contributed by atoms with Crippen molar-refractivity contribution >= 4 is 34.8 Å². The first-order chi connectivity index (χ1) is 9.09. The summed E-state index contributed by atoms with van der Waals surface area (Å²) in [5.41, 5.74) is 1.92. The molecule has 2 rings (SSSR count). The third-order valence-electron chi connectivity index (χ3n) is 2.88. The molecule has 1 aliphatic heterocycles. The molecule has 0 unspecified atom stereocenters. The fraction of sp³-hybridized carbons (Fsp3) is 0.357. The molecule has 0 saturated carbocycles. The first-order valence-electron chi connectivity index (χ1n) is 6.24. The maximum atomic E-state index is 6.29. The third kappa shape index (κ3) is 3.43. The Morgan fingerprint density at radius 3 is 2.63 bits per heavy atom. The van der Waals surface area contributed by atoms with Gasteiger partial charge in [0.05, 0.1) is 22.3 Å². The predicted molar refractivity (Wildman–Crippen MR) is 83.5 cm³/mol. The van der Waals surface area contributed by atoms with Gasteiger partial charge in [0.1, 0.15) is 0 Å². The van der Waals surface area contributed by atoms with Crippen molar-refractivity contribution in [3.8, 4) is 0 Å². The molecule has 0 atom stereocenters. The second-order valence-corrected chi connectivity index (χ2v) is 5.38. The van der Waals surface area contributed by atoms with Crippen LogP contribution in [0.25, 0.3) is 0 Å². The minimum absolute atomic E-state index is 0.630. The normalized spacial score (nSPS) is 13.9. The Kier molecular flexibility index (Phi) is 4.72. The standard InChI is InChI=1S/C14H17Cl2N3/c1-10(2)6-9-19(14-17-7-8-18-14)13-11(15)4-3-5-12(13)16/h3-5H,1,6-9H2,2H3,(H,17,18). The number of guanidine groups is 1. The highest BCUT2D eigenvalue weighted by molar-refractivity contribution is 6.40. The fourth-order valence-corrected chi connectivity index (χ4v) is 2.54. The lowest BCUT2D eigenvalue weighted by Gasteiger charge is -2.26. The molecule has 1 aromatic rings. The van der Waals surface area contributed by atoms with E-state index < -0.39 is 0 Å². The van der Waals surface area contributed by atoms with Gasteiger partial charge in [0.2, 0.25) is 0 Å². The molecular weight excluding hydrogens is 281 g/mol. The van der Waals surface area contributed by atoms with Crippen molar-refractivity contribution in [1.29, 1.82) is 0 Å². The van der Waals surface area contributed by atoms with Gasteiger partial charge < -0.3 is 10.2 Å². The molecule has 0 amide bonds. The Hall–Kier alpha value is -1.19. The Labute approximate surface area is 123 Å². The van der Waals surface area contributed by atoms with Crippen LogP contribution in [-0.2, 0) is 0 Å². The van der Waals surface area contributed by atoms with Gasteiger partial charge in [0, 0.05) is 13.1 Å². The quantitative estimate of drug-likeness (QED) is 0.858. The average molecular weight is 298 g/mol. The van der Waals surface area contributed by atoms with Gasteiger partial charge in [-0.05, 0) is 25.5 Å². The maximum absolute atomic E-state index is 6.29. The lowest BCUT2D eigenvalue weighted by atomic mass is 10.2. The van der Waals surface area contributed by atoms with Gasteiger partial charge in [-0.15, -0.1) is 6.58 Å². The van der Waals surface area contributed by atoms with Crippen LogP contribution in [-0.4, -0.2) is 25.6 Å². The third-order valence-corrected chi connectivity index (χ3v) is 3.49. The van der Waals surface area contributed by atoms with Crippen molar-refractivity contribution in [1.82, 2.24) is 5.32 Å². The Bertz CT molecular complexity index is 491.